The van der Waals surface area contributed by atoms with E-state index in [1.54, 1.807) is 27.3 Å². The SMILES string of the molecule is CC(=O)Nc1ccc(S(=O)(=O)Nc2nc(CC(=O)N3CCN(C(=O)c4ccco4)CC3)cs2)cc1. The molecule has 1 aliphatic rings. The molecule has 1 saturated heterocycles. The van der Waals surface area contributed by atoms with Crippen LogP contribution in [0.4, 0.5) is 10.8 Å². The monoisotopic (exact) mass is 517 g/mol. The van der Waals surface area contributed by atoms with E-state index in [-0.39, 0.29) is 39.9 Å². The number of carbonyl (C=O) groups excluding carboxylic acids is 3. The molecule has 2 aromatic heterocycles. The van der Waals surface area contributed by atoms with Crippen LogP contribution in [0.1, 0.15) is 23.2 Å². The number of benzene rings is 1. The van der Waals surface area contributed by atoms with Gasteiger partial charge >= 0.3 is 0 Å². The van der Waals surface area contributed by atoms with Crippen molar-refractivity contribution in [2.45, 2.75) is 18.2 Å². The van der Waals surface area contributed by atoms with Crippen LogP contribution >= 0.6 is 11.3 Å². The summed E-state index contributed by atoms with van der Waals surface area (Å²) in [4.78, 5) is 43.7. The highest BCUT2D eigenvalue weighted by Crippen LogP contribution is 2.22. The van der Waals surface area contributed by atoms with E-state index in [0.29, 0.717) is 37.6 Å². The number of rotatable bonds is 7. The molecule has 1 aliphatic heterocycles. The third kappa shape index (κ3) is 6.05. The average molecular weight is 518 g/mol. The van der Waals surface area contributed by atoms with E-state index in [1.807, 2.05) is 0 Å². The van der Waals surface area contributed by atoms with E-state index in [2.05, 4.69) is 15.0 Å². The summed E-state index contributed by atoms with van der Waals surface area (Å²) in [7, 11) is -3.88. The van der Waals surface area contributed by atoms with Crippen LogP contribution in [0, 0.1) is 0 Å². The molecule has 3 amide bonds. The first-order chi connectivity index (χ1) is 16.7. The van der Waals surface area contributed by atoms with Gasteiger partial charge in [0.1, 0.15) is 0 Å². The average Bonchev–Trinajstić information content (AvgIpc) is 3.51. The summed E-state index contributed by atoms with van der Waals surface area (Å²) in [6.45, 7) is 2.94. The van der Waals surface area contributed by atoms with Crippen molar-refractivity contribution >= 4 is 49.9 Å². The lowest BCUT2D eigenvalue weighted by Gasteiger charge is -2.34. The van der Waals surface area contributed by atoms with Crippen molar-refractivity contribution in [1.29, 1.82) is 0 Å². The van der Waals surface area contributed by atoms with Gasteiger partial charge in [0.05, 0.1) is 23.3 Å². The standard InChI is InChI=1S/C22H23N5O6S2/c1-15(28)23-16-4-6-18(7-5-16)35(31,32)25-22-24-17(14-34-22)13-20(29)26-8-10-27(11-9-26)21(30)19-3-2-12-33-19/h2-7,12,14H,8-11,13H2,1H3,(H,23,28)(H,24,25). The summed E-state index contributed by atoms with van der Waals surface area (Å²) in [6.07, 6.45) is 1.47. The number of hydrogen-bond donors (Lipinski definition) is 2. The second-order valence-corrected chi connectivity index (χ2v) is 10.3. The Balaban J connectivity index is 1.30. The largest absolute Gasteiger partial charge is 0.459 e. The van der Waals surface area contributed by atoms with Gasteiger partial charge in [0.2, 0.25) is 11.8 Å². The first kappa shape index (κ1) is 24.4. The van der Waals surface area contributed by atoms with Crippen LogP contribution in [0.25, 0.3) is 0 Å². The lowest BCUT2D eigenvalue weighted by Crippen LogP contribution is -2.50. The Morgan fingerprint density at radius 3 is 2.37 bits per heavy atom. The van der Waals surface area contributed by atoms with Gasteiger partial charge < -0.3 is 19.5 Å². The summed E-state index contributed by atoms with van der Waals surface area (Å²) in [5.74, 6) is -0.342. The number of hydrogen-bond acceptors (Lipinski definition) is 8. The second kappa shape index (κ2) is 10.3. The third-order valence-corrected chi connectivity index (χ3v) is 7.53. The maximum Gasteiger partial charge on any atom is 0.289 e. The summed E-state index contributed by atoms with van der Waals surface area (Å²) in [5, 5.41) is 4.35. The highest BCUT2D eigenvalue weighted by Gasteiger charge is 2.26. The van der Waals surface area contributed by atoms with Gasteiger partial charge in [-0.3, -0.25) is 19.1 Å². The zero-order valence-corrected chi connectivity index (χ0v) is 20.4. The fourth-order valence-corrected chi connectivity index (χ4v) is 5.47. The van der Waals surface area contributed by atoms with Crippen LogP contribution in [0.5, 0.6) is 0 Å². The number of anilines is 2. The Bertz CT molecular complexity index is 1310. The molecule has 0 saturated carbocycles. The Morgan fingerprint density at radius 1 is 1.06 bits per heavy atom. The molecule has 0 spiro atoms. The molecular weight excluding hydrogens is 494 g/mol. The number of carbonyl (C=O) groups is 3. The summed E-state index contributed by atoms with van der Waals surface area (Å²) in [5.41, 5.74) is 0.936. The van der Waals surface area contributed by atoms with E-state index < -0.39 is 10.0 Å². The Hall–Kier alpha value is -3.71. The van der Waals surface area contributed by atoms with Gasteiger partial charge in [0.15, 0.2) is 10.9 Å². The molecule has 0 unspecified atom stereocenters. The van der Waals surface area contributed by atoms with Crippen molar-refractivity contribution in [2.75, 3.05) is 36.2 Å². The number of aromatic nitrogens is 1. The van der Waals surface area contributed by atoms with Gasteiger partial charge in [-0.25, -0.2) is 13.4 Å². The minimum Gasteiger partial charge on any atom is -0.459 e. The molecule has 3 heterocycles. The Morgan fingerprint density at radius 2 is 1.74 bits per heavy atom. The lowest BCUT2D eigenvalue weighted by atomic mass is 10.2. The number of sulfonamides is 1. The number of furan rings is 1. The number of nitrogens with one attached hydrogen (secondary N) is 2. The number of nitrogens with zero attached hydrogens (tertiary/aromatic N) is 3. The van der Waals surface area contributed by atoms with E-state index >= 15 is 0 Å². The van der Waals surface area contributed by atoms with Gasteiger partial charge in [0, 0.05) is 44.2 Å². The van der Waals surface area contributed by atoms with Crippen LogP contribution < -0.4 is 10.0 Å². The van der Waals surface area contributed by atoms with Gasteiger partial charge in [-0.05, 0) is 36.4 Å². The summed E-state index contributed by atoms with van der Waals surface area (Å²) >= 11 is 1.08. The van der Waals surface area contributed by atoms with Crippen molar-refractivity contribution < 1.29 is 27.2 Å². The van der Waals surface area contributed by atoms with E-state index in [4.69, 9.17) is 4.42 Å². The van der Waals surface area contributed by atoms with Gasteiger partial charge in [-0.15, -0.1) is 11.3 Å². The molecule has 184 valence electrons. The fraction of sp³-hybridized carbons (Fsp3) is 0.273. The minimum atomic E-state index is -3.88. The molecule has 13 heteroatoms. The fourth-order valence-electron chi connectivity index (χ4n) is 3.51. The van der Waals surface area contributed by atoms with Crippen molar-refractivity contribution in [3.8, 4) is 0 Å². The van der Waals surface area contributed by atoms with Crippen molar-refractivity contribution in [3.63, 3.8) is 0 Å². The van der Waals surface area contributed by atoms with Crippen LogP contribution in [0.15, 0.2) is 57.4 Å². The van der Waals surface area contributed by atoms with E-state index in [9.17, 15) is 22.8 Å². The third-order valence-electron chi connectivity index (χ3n) is 5.24. The number of amides is 3. The quantitative estimate of drug-likeness (QED) is 0.488. The molecule has 35 heavy (non-hydrogen) atoms. The molecule has 1 aromatic carbocycles. The van der Waals surface area contributed by atoms with Gasteiger partial charge in [0.25, 0.3) is 15.9 Å². The zero-order chi connectivity index (χ0) is 25.0. The lowest BCUT2D eigenvalue weighted by molar-refractivity contribution is -0.132. The molecule has 2 N–H and O–H groups in total. The van der Waals surface area contributed by atoms with E-state index in [0.717, 1.165) is 11.3 Å². The van der Waals surface area contributed by atoms with Crippen LogP contribution in [-0.4, -0.2) is 67.1 Å². The Labute approximate surface area is 205 Å². The summed E-state index contributed by atoms with van der Waals surface area (Å²) < 4.78 is 32.8. The minimum absolute atomic E-state index is 0.0152. The van der Waals surface area contributed by atoms with Crippen molar-refractivity contribution in [3.05, 3.63) is 59.5 Å². The normalized spacial score (nSPS) is 14.0. The van der Waals surface area contributed by atoms with Crippen molar-refractivity contribution in [1.82, 2.24) is 14.8 Å². The molecule has 0 atom stereocenters. The first-order valence-electron chi connectivity index (χ1n) is 10.7. The molecule has 0 bridgehead atoms. The predicted molar refractivity (Wildman–Crippen MR) is 129 cm³/mol. The maximum absolute atomic E-state index is 12.7. The molecule has 0 radical (unpaired) electrons. The highest BCUT2D eigenvalue weighted by atomic mass is 32.2. The predicted octanol–water partition coefficient (Wildman–Crippen LogP) is 2.02. The van der Waals surface area contributed by atoms with E-state index in [1.165, 1.54) is 37.5 Å². The van der Waals surface area contributed by atoms with Crippen LogP contribution in [-0.2, 0) is 26.0 Å². The topological polar surface area (TPSA) is 142 Å². The smallest absolute Gasteiger partial charge is 0.289 e. The molecule has 11 nitrogen and oxygen atoms in total. The molecule has 1 fully saturated rings. The number of piperazine rings is 1. The number of thiazole rings is 1. The first-order valence-corrected chi connectivity index (χ1v) is 13.0. The van der Waals surface area contributed by atoms with Crippen molar-refractivity contribution in [2.24, 2.45) is 0 Å². The molecule has 0 aliphatic carbocycles. The molecular formula is C22H23N5O6S2. The van der Waals surface area contributed by atoms with Gasteiger partial charge in [-0.1, -0.05) is 0 Å². The summed E-state index contributed by atoms with van der Waals surface area (Å²) in [6, 6.07) is 8.99. The second-order valence-electron chi connectivity index (χ2n) is 7.78. The zero-order valence-electron chi connectivity index (χ0n) is 18.8. The van der Waals surface area contributed by atoms with Crippen LogP contribution in [0.3, 0.4) is 0 Å². The Kier molecular flexibility index (Phi) is 7.17. The maximum atomic E-state index is 12.7. The molecule has 4 rings (SSSR count). The highest BCUT2D eigenvalue weighted by molar-refractivity contribution is 7.93. The molecule has 3 aromatic rings. The van der Waals surface area contributed by atoms with Gasteiger partial charge in [-0.2, -0.15) is 0 Å². The van der Waals surface area contributed by atoms with Crippen LogP contribution in [0.2, 0.25) is 0 Å².